The Kier molecular flexibility index (Phi) is 4.15. The molecular weight excluding hydrogens is 202 g/mol. The van der Waals surface area contributed by atoms with Crippen molar-refractivity contribution in [2.24, 2.45) is 0 Å². The van der Waals surface area contributed by atoms with Crippen molar-refractivity contribution in [2.45, 2.75) is 0 Å². The molecule has 0 heterocycles. The number of rotatable bonds is 4. The summed E-state index contributed by atoms with van der Waals surface area (Å²) in [6.07, 6.45) is 0.720. The predicted molar refractivity (Wildman–Crippen MR) is 53.9 cm³/mol. The van der Waals surface area contributed by atoms with Gasteiger partial charge in [-0.3, -0.25) is 4.79 Å². The zero-order valence-electron chi connectivity index (χ0n) is 7.52. The largest absolute Gasteiger partial charge is 0.371 e. The van der Waals surface area contributed by atoms with Crippen molar-refractivity contribution in [2.75, 3.05) is 7.05 Å². The Morgan fingerprint density at radius 3 is 2.57 bits per heavy atom. The second kappa shape index (κ2) is 5.41. The van der Waals surface area contributed by atoms with E-state index in [1.165, 1.54) is 0 Å². The van der Waals surface area contributed by atoms with Crippen LogP contribution in [0.15, 0.2) is 24.3 Å². The maximum absolute atomic E-state index is 11.2. The minimum atomic E-state index is -0.443. The third-order valence-electron chi connectivity index (χ3n) is 1.48. The first kappa shape index (κ1) is 10.7. The topological polar surface area (TPSA) is 55.4 Å². The summed E-state index contributed by atoms with van der Waals surface area (Å²) in [5, 5.41) is 0. The number of benzene rings is 1. The predicted octanol–water partition coefficient (Wildman–Crippen LogP) is 1.44. The smallest absolute Gasteiger partial charge is 0.351 e. The third-order valence-corrected chi connectivity index (χ3v) is 1.88. The standard InChI is InChI=1S/C9H9NO3S/c1-10-14-13-9(12)8-4-2-7(6-11)3-5-8/h2-6,10H,1H3. The fourth-order valence-electron chi connectivity index (χ4n) is 0.825. The summed E-state index contributed by atoms with van der Waals surface area (Å²) >= 11 is 0.852. The second-order valence-corrected chi connectivity index (χ2v) is 3.14. The van der Waals surface area contributed by atoms with Crippen LogP contribution in [0.4, 0.5) is 0 Å². The normalized spacial score (nSPS) is 9.50. The Labute approximate surface area is 86.0 Å². The maximum atomic E-state index is 11.2. The van der Waals surface area contributed by atoms with Crippen molar-refractivity contribution in [1.29, 1.82) is 0 Å². The van der Waals surface area contributed by atoms with Crippen LogP contribution < -0.4 is 4.72 Å². The highest BCUT2D eigenvalue weighted by atomic mass is 32.2. The minimum Gasteiger partial charge on any atom is -0.371 e. The van der Waals surface area contributed by atoms with Crippen molar-refractivity contribution >= 4 is 24.5 Å². The number of aldehydes is 1. The van der Waals surface area contributed by atoms with E-state index in [0.29, 0.717) is 11.1 Å². The van der Waals surface area contributed by atoms with E-state index >= 15 is 0 Å². The Morgan fingerprint density at radius 2 is 2.07 bits per heavy atom. The highest BCUT2D eigenvalue weighted by molar-refractivity contribution is 7.93. The molecule has 0 atom stereocenters. The van der Waals surface area contributed by atoms with Gasteiger partial charge in [0.05, 0.1) is 5.56 Å². The van der Waals surface area contributed by atoms with E-state index in [2.05, 4.69) is 4.72 Å². The fourth-order valence-corrected chi connectivity index (χ4v) is 1.08. The summed E-state index contributed by atoms with van der Waals surface area (Å²) < 4.78 is 7.34. The molecule has 0 aliphatic rings. The van der Waals surface area contributed by atoms with Gasteiger partial charge < -0.3 is 4.18 Å². The molecule has 1 aromatic carbocycles. The van der Waals surface area contributed by atoms with E-state index in [1.54, 1.807) is 31.3 Å². The van der Waals surface area contributed by atoms with Crippen LogP contribution in [0.2, 0.25) is 0 Å². The molecule has 1 N–H and O–H groups in total. The summed E-state index contributed by atoms with van der Waals surface area (Å²) in [5.41, 5.74) is 0.946. The van der Waals surface area contributed by atoms with Gasteiger partial charge in [0.1, 0.15) is 18.5 Å². The lowest BCUT2D eigenvalue weighted by Gasteiger charge is -2.00. The number of carbonyl (C=O) groups is 2. The van der Waals surface area contributed by atoms with Gasteiger partial charge in [-0.25, -0.2) is 9.52 Å². The quantitative estimate of drug-likeness (QED) is 0.464. The molecule has 0 saturated heterocycles. The molecule has 0 aliphatic heterocycles. The van der Waals surface area contributed by atoms with Crippen molar-refractivity contribution in [3.8, 4) is 0 Å². The van der Waals surface area contributed by atoms with Gasteiger partial charge in [0.25, 0.3) is 0 Å². The van der Waals surface area contributed by atoms with E-state index in [4.69, 9.17) is 4.18 Å². The Hall–Kier alpha value is -1.33. The highest BCUT2D eigenvalue weighted by Crippen LogP contribution is 2.07. The van der Waals surface area contributed by atoms with Crippen LogP contribution in [0.3, 0.4) is 0 Å². The molecular formula is C9H9NO3S. The number of carbonyl (C=O) groups excluding carboxylic acids is 2. The van der Waals surface area contributed by atoms with Crippen LogP contribution in [0.1, 0.15) is 20.7 Å². The average Bonchev–Trinajstić information content (AvgIpc) is 2.26. The van der Waals surface area contributed by atoms with E-state index in [9.17, 15) is 9.59 Å². The molecule has 5 heteroatoms. The molecule has 1 rings (SSSR count). The van der Waals surface area contributed by atoms with Crippen LogP contribution >= 0.6 is 12.2 Å². The van der Waals surface area contributed by atoms with E-state index in [-0.39, 0.29) is 0 Å². The molecule has 14 heavy (non-hydrogen) atoms. The molecule has 4 nitrogen and oxygen atoms in total. The van der Waals surface area contributed by atoms with Crippen molar-refractivity contribution in [3.63, 3.8) is 0 Å². The summed E-state index contributed by atoms with van der Waals surface area (Å²) in [6.45, 7) is 0. The summed E-state index contributed by atoms with van der Waals surface area (Å²) in [6, 6.07) is 6.21. The van der Waals surface area contributed by atoms with Gasteiger partial charge in [0.15, 0.2) is 0 Å². The van der Waals surface area contributed by atoms with Gasteiger partial charge in [-0.15, -0.1) is 0 Å². The first-order valence-electron chi connectivity index (χ1n) is 3.87. The zero-order chi connectivity index (χ0) is 10.4. The van der Waals surface area contributed by atoms with Crippen LogP contribution in [0.25, 0.3) is 0 Å². The lowest BCUT2D eigenvalue weighted by Crippen LogP contribution is -2.03. The number of hydrogen-bond acceptors (Lipinski definition) is 5. The van der Waals surface area contributed by atoms with E-state index in [1.807, 2.05) is 0 Å². The van der Waals surface area contributed by atoms with Crippen molar-refractivity contribution < 1.29 is 13.8 Å². The van der Waals surface area contributed by atoms with Gasteiger partial charge in [0.2, 0.25) is 0 Å². The summed E-state index contributed by atoms with van der Waals surface area (Å²) in [5.74, 6) is -0.443. The van der Waals surface area contributed by atoms with Crippen LogP contribution in [-0.4, -0.2) is 19.3 Å². The molecule has 0 aliphatic carbocycles. The Balaban J connectivity index is 2.66. The lowest BCUT2D eigenvalue weighted by molar-refractivity contribution is 0.0766. The average molecular weight is 211 g/mol. The summed E-state index contributed by atoms with van der Waals surface area (Å²) in [4.78, 5) is 21.6. The van der Waals surface area contributed by atoms with Crippen molar-refractivity contribution in [3.05, 3.63) is 35.4 Å². The van der Waals surface area contributed by atoms with E-state index in [0.717, 1.165) is 18.5 Å². The molecule has 0 spiro atoms. The molecule has 0 radical (unpaired) electrons. The van der Waals surface area contributed by atoms with Crippen molar-refractivity contribution in [1.82, 2.24) is 4.72 Å². The molecule has 0 aromatic heterocycles. The minimum absolute atomic E-state index is 0.415. The Bertz CT molecular complexity index is 323. The third kappa shape index (κ3) is 2.86. The van der Waals surface area contributed by atoms with Gasteiger partial charge in [-0.05, 0) is 19.2 Å². The lowest BCUT2D eigenvalue weighted by atomic mass is 10.1. The molecule has 0 fully saturated rings. The van der Waals surface area contributed by atoms with Crippen LogP contribution in [0, 0.1) is 0 Å². The first-order chi connectivity index (χ1) is 6.77. The maximum Gasteiger partial charge on any atom is 0.351 e. The molecule has 1 aromatic rings. The fraction of sp³-hybridized carbons (Fsp3) is 0.111. The number of nitrogens with one attached hydrogen (secondary N) is 1. The van der Waals surface area contributed by atoms with Crippen LogP contribution in [0.5, 0.6) is 0 Å². The molecule has 0 bridgehead atoms. The Morgan fingerprint density at radius 1 is 1.43 bits per heavy atom. The first-order valence-corrected chi connectivity index (χ1v) is 4.62. The second-order valence-electron chi connectivity index (χ2n) is 2.40. The summed E-state index contributed by atoms with van der Waals surface area (Å²) in [7, 11) is 1.65. The zero-order valence-corrected chi connectivity index (χ0v) is 8.34. The molecule has 0 saturated carbocycles. The molecule has 74 valence electrons. The van der Waals surface area contributed by atoms with Gasteiger partial charge in [0, 0.05) is 5.56 Å². The van der Waals surface area contributed by atoms with Gasteiger partial charge >= 0.3 is 5.97 Å². The SMILES string of the molecule is CNSOC(=O)c1ccc(C=O)cc1. The molecule has 0 amide bonds. The van der Waals surface area contributed by atoms with Gasteiger partial charge in [-0.2, -0.15) is 0 Å². The van der Waals surface area contributed by atoms with Gasteiger partial charge in [-0.1, -0.05) is 12.1 Å². The molecule has 0 unspecified atom stereocenters. The van der Waals surface area contributed by atoms with E-state index < -0.39 is 5.97 Å². The number of hydrogen-bond donors (Lipinski definition) is 1. The monoisotopic (exact) mass is 211 g/mol. The van der Waals surface area contributed by atoms with Crippen LogP contribution in [-0.2, 0) is 4.18 Å². The highest BCUT2D eigenvalue weighted by Gasteiger charge is 2.06.